The number of hydrogen-bond acceptors (Lipinski definition) is 3. The molecule has 2 nitrogen and oxygen atoms in total. The van der Waals surface area contributed by atoms with Crippen LogP contribution in [0, 0.1) is 5.82 Å². The summed E-state index contributed by atoms with van der Waals surface area (Å²) >= 11 is 1.77. The maximum Gasteiger partial charge on any atom is 0.123 e. The van der Waals surface area contributed by atoms with E-state index in [1.54, 1.807) is 11.3 Å². The summed E-state index contributed by atoms with van der Waals surface area (Å²) in [6.45, 7) is 8.45. The summed E-state index contributed by atoms with van der Waals surface area (Å²) in [6, 6.07) is 6.69. The quantitative estimate of drug-likeness (QED) is 0.762. The van der Waals surface area contributed by atoms with Gasteiger partial charge in [0, 0.05) is 17.8 Å². The number of aromatic nitrogens is 1. The van der Waals surface area contributed by atoms with Crippen LogP contribution in [0.4, 0.5) is 4.39 Å². The predicted molar refractivity (Wildman–Crippen MR) is 87.4 cm³/mol. The second-order valence-electron chi connectivity index (χ2n) is 5.55. The number of nitrogens with zero attached hydrogens (tertiary/aromatic N) is 1. The molecule has 0 saturated carbocycles. The largest absolute Gasteiger partial charge is 0.312 e. The van der Waals surface area contributed by atoms with Crippen LogP contribution in [-0.2, 0) is 13.0 Å². The molecule has 21 heavy (non-hydrogen) atoms. The monoisotopic (exact) mass is 306 g/mol. The maximum atomic E-state index is 13.0. The minimum atomic E-state index is -0.190. The summed E-state index contributed by atoms with van der Waals surface area (Å²) < 4.78 is 13.0. The van der Waals surface area contributed by atoms with Gasteiger partial charge in [-0.3, -0.25) is 0 Å². The highest BCUT2D eigenvalue weighted by atomic mass is 32.1. The molecule has 2 aromatic rings. The molecule has 0 unspecified atom stereocenters. The summed E-state index contributed by atoms with van der Waals surface area (Å²) in [4.78, 5) is 6.12. The molecule has 0 spiro atoms. The Morgan fingerprint density at radius 3 is 2.57 bits per heavy atom. The summed E-state index contributed by atoms with van der Waals surface area (Å²) in [5.74, 6) is 0.242. The molecule has 0 fully saturated rings. The first-order valence-electron chi connectivity index (χ1n) is 7.53. The van der Waals surface area contributed by atoms with Gasteiger partial charge in [0.15, 0.2) is 0 Å². The second kappa shape index (κ2) is 7.66. The first kappa shape index (κ1) is 16.1. The van der Waals surface area contributed by atoms with Gasteiger partial charge in [-0.1, -0.05) is 32.9 Å². The average Bonchev–Trinajstić information content (AvgIpc) is 2.85. The van der Waals surface area contributed by atoms with Crippen LogP contribution < -0.4 is 5.32 Å². The lowest BCUT2D eigenvalue weighted by atomic mass is 10.1. The number of thiazole rings is 1. The third-order valence-corrected chi connectivity index (χ3v) is 4.37. The number of hydrogen-bond donors (Lipinski definition) is 1. The van der Waals surface area contributed by atoms with Crippen LogP contribution in [0.2, 0.25) is 0 Å². The molecular formula is C17H23FN2S. The van der Waals surface area contributed by atoms with E-state index >= 15 is 0 Å². The standard InChI is InChI=1S/C17H23FN2S/c1-4-9-19-11-15-17(12(2)3)20-16(21-15)10-13-5-7-14(18)8-6-13/h5-8,12,19H,4,9-11H2,1-3H3. The van der Waals surface area contributed by atoms with E-state index < -0.39 is 0 Å². The lowest BCUT2D eigenvalue weighted by molar-refractivity contribution is 0.627. The van der Waals surface area contributed by atoms with Gasteiger partial charge in [-0.05, 0) is 36.6 Å². The SMILES string of the molecule is CCCNCc1sc(Cc2ccc(F)cc2)nc1C(C)C. The fourth-order valence-electron chi connectivity index (χ4n) is 2.22. The Morgan fingerprint density at radius 1 is 1.24 bits per heavy atom. The molecule has 0 aliphatic carbocycles. The molecule has 114 valence electrons. The molecule has 0 saturated heterocycles. The Morgan fingerprint density at radius 2 is 1.95 bits per heavy atom. The van der Waals surface area contributed by atoms with Crippen molar-refractivity contribution in [3.05, 3.63) is 51.2 Å². The van der Waals surface area contributed by atoms with E-state index in [9.17, 15) is 4.39 Å². The smallest absolute Gasteiger partial charge is 0.123 e. The van der Waals surface area contributed by atoms with Gasteiger partial charge < -0.3 is 5.32 Å². The molecule has 1 heterocycles. The van der Waals surface area contributed by atoms with E-state index in [1.807, 2.05) is 12.1 Å². The summed E-state index contributed by atoms with van der Waals surface area (Å²) in [7, 11) is 0. The predicted octanol–water partition coefficient (Wildman–Crippen LogP) is 4.50. The van der Waals surface area contributed by atoms with Crippen LogP contribution in [0.5, 0.6) is 0 Å². The molecule has 4 heteroatoms. The Hall–Kier alpha value is -1.26. The van der Waals surface area contributed by atoms with E-state index in [-0.39, 0.29) is 5.82 Å². The van der Waals surface area contributed by atoms with E-state index in [2.05, 4.69) is 26.1 Å². The number of rotatable bonds is 7. The lowest BCUT2D eigenvalue weighted by Gasteiger charge is -2.05. The van der Waals surface area contributed by atoms with Crippen molar-refractivity contribution < 1.29 is 4.39 Å². The van der Waals surface area contributed by atoms with Gasteiger partial charge in [0.05, 0.1) is 10.7 Å². The zero-order chi connectivity index (χ0) is 15.2. The van der Waals surface area contributed by atoms with E-state index in [0.717, 1.165) is 36.5 Å². The highest BCUT2D eigenvalue weighted by Crippen LogP contribution is 2.26. The van der Waals surface area contributed by atoms with Crippen LogP contribution in [-0.4, -0.2) is 11.5 Å². The highest BCUT2D eigenvalue weighted by molar-refractivity contribution is 7.11. The molecule has 0 aliphatic heterocycles. The summed E-state index contributed by atoms with van der Waals surface area (Å²) in [5, 5.41) is 4.56. The molecular weight excluding hydrogens is 283 g/mol. The third-order valence-electron chi connectivity index (χ3n) is 3.30. The maximum absolute atomic E-state index is 13.0. The highest BCUT2D eigenvalue weighted by Gasteiger charge is 2.14. The van der Waals surface area contributed by atoms with Crippen molar-refractivity contribution in [3.8, 4) is 0 Å². The van der Waals surface area contributed by atoms with Crippen LogP contribution in [0.15, 0.2) is 24.3 Å². The topological polar surface area (TPSA) is 24.9 Å². The minimum Gasteiger partial charge on any atom is -0.312 e. The molecule has 0 atom stereocenters. The van der Waals surface area contributed by atoms with Crippen molar-refractivity contribution in [2.75, 3.05) is 6.54 Å². The second-order valence-corrected chi connectivity index (χ2v) is 6.72. The van der Waals surface area contributed by atoms with Gasteiger partial charge in [0.2, 0.25) is 0 Å². The molecule has 2 rings (SSSR count). The van der Waals surface area contributed by atoms with Crippen LogP contribution in [0.25, 0.3) is 0 Å². The van der Waals surface area contributed by atoms with Crippen LogP contribution in [0.1, 0.15) is 54.3 Å². The number of halogens is 1. The molecule has 0 radical (unpaired) electrons. The van der Waals surface area contributed by atoms with Crippen molar-refractivity contribution in [1.29, 1.82) is 0 Å². The molecule has 1 aromatic heterocycles. The molecule has 0 bridgehead atoms. The van der Waals surface area contributed by atoms with Crippen molar-refractivity contribution in [2.24, 2.45) is 0 Å². The van der Waals surface area contributed by atoms with Crippen molar-refractivity contribution in [2.45, 2.75) is 46.1 Å². The van der Waals surface area contributed by atoms with Gasteiger partial charge in [-0.2, -0.15) is 0 Å². The van der Waals surface area contributed by atoms with Gasteiger partial charge in [-0.15, -0.1) is 11.3 Å². The van der Waals surface area contributed by atoms with Gasteiger partial charge >= 0.3 is 0 Å². The zero-order valence-electron chi connectivity index (χ0n) is 12.9. The first-order chi connectivity index (χ1) is 10.1. The number of benzene rings is 1. The van der Waals surface area contributed by atoms with Crippen molar-refractivity contribution in [1.82, 2.24) is 10.3 Å². The fourth-order valence-corrected chi connectivity index (χ4v) is 3.45. The van der Waals surface area contributed by atoms with E-state index in [0.29, 0.717) is 5.92 Å². The third kappa shape index (κ3) is 4.61. The minimum absolute atomic E-state index is 0.190. The Kier molecular flexibility index (Phi) is 5.88. The molecule has 0 amide bonds. The van der Waals surface area contributed by atoms with Gasteiger partial charge in [0.25, 0.3) is 0 Å². The van der Waals surface area contributed by atoms with E-state index in [1.165, 1.54) is 22.7 Å². The normalized spacial score (nSPS) is 11.3. The molecule has 1 N–H and O–H groups in total. The molecule has 1 aromatic carbocycles. The van der Waals surface area contributed by atoms with Gasteiger partial charge in [-0.25, -0.2) is 9.37 Å². The number of nitrogens with one attached hydrogen (secondary N) is 1. The Labute approximate surface area is 130 Å². The van der Waals surface area contributed by atoms with E-state index in [4.69, 9.17) is 4.98 Å². The van der Waals surface area contributed by atoms with Crippen LogP contribution in [0.3, 0.4) is 0 Å². The average molecular weight is 306 g/mol. The van der Waals surface area contributed by atoms with Gasteiger partial charge in [0.1, 0.15) is 5.82 Å². The van der Waals surface area contributed by atoms with Crippen molar-refractivity contribution >= 4 is 11.3 Å². The molecule has 0 aliphatic rings. The Balaban J connectivity index is 2.12. The Bertz CT molecular complexity index is 561. The first-order valence-corrected chi connectivity index (χ1v) is 8.35. The summed E-state index contributed by atoms with van der Waals surface area (Å²) in [5.41, 5.74) is 2.30. The zero-order valence-corrected chi connectivity index (χ0v) is 13.8. The lowest BCUT2D eigenvalue weighted by Crippen LogP contribution is -2.14. The van der Waals surface area contributed by atoms with Crippen LogP contribution >= 0.6 is 11.3 Å². The summed E-state index contributed by atoms with van der Waals surface area (Å²) in [6.07, 6.45) is 1.91. The van der Waals surface area contributed by atoms with Crippen molar-refractivity contribution in [3.63, 3.8) is 0 Å². The fraction of sp³-hybridized carbons (Fsp3) is 0.471.